The Labute approximate surface area is 135 Å². The fourth-order valence-corrected chi connectivity index (χ4v) is 2.75. The van der Waals surface area contributed by atoms with E-state index in [0.29, 0.717) is 17.9 Å². The number of carboxylic acid groups (broad SMARTS) is 1. The molecule has 1 aliphatic heterocycles. The second-order valence-corrected chi connectivity index (χ2v) is 6.03. The van der Waals surface area contributed by atoms with Gasteiger partial charge in [0.2, 0.25) is 0 Å². The molecule has 1 amide bonds. The normalized spacial score (nSPS) is 20.3. The first-order chi connectivity index (χ1) is 11.1. The molecule has 0 radical (unpaired) electrons. The fraction of sp³-hybridized carbons (Fsp3) is 0.529. The third-order valence-corrected chi connectivity index (χ3v) is 4.09. The minimum atomic E-state index is -0.990. The van der Waals surface area contributed by atoms with Crippen LogP contribution >= 0.6 is 0 Å². The van der Waals surface area contributed by atoms with Gasteiger partial charge < -0.3 is 19.5 Å². The topological polar surface area (TPSA) is 76.1 Å². The number of hydrogen-bond donors (Lipinski definition) is 1. The highest BCUT2D eigenvalue weighted by atomic mass is 16.5. The van der Waals surface area contributed by atoms with Crippen molar-refractivity contribution in [2.24, 2.45) is 0 Å². The maximum absolute atomic E-state index is 12.6. The van der Waals surface area contributed by atoms with E-state index in [0.717, 1.165) is 32.3 Å². The summed E-state index contributed by atoms with van der Waals surface area (Å²) in [6.45, 7) is 0.988. The zero-order valence-electron chi connectivity index (χ0n) is 12.9. The molecule has 6 heteroatoms. The quantitative estimate of drug-likeness (QED) is 0.831. The van der Waals surface area contributed by atoms with Gasteiger partial charge in [-0.3, -0.25) is 9.59 Å². The van der Waals surface area contributed by atoms with Gasteiger partial charge >= 0.3 is 5.97 Å². The van der Waals surface area contributed by atoms with Gasteiger partial charge in [0.05, 0.1) is 6.10 Å². The number of aliphatic carboxylic acids is 1. The van der Waals surface area contributed by atoms with E-state index in [9.17, 15) is 9.59 Å². The molecule has 1 aliphatic carbocycles. The maximum Gasteiger partial charge on any atom is 0.323 e. The van der Waals surface area contributed by atoms with Crippen molar-refractivity contribution in [3.63, 3.8) is 0 Å². The van der Waals surface area contributed by atoms with Gasteiger partial charge in [-0.15, -0.1) is 0 Å². The molecule has 1 aromatic rings. The molecule has 23 heavy (non-hydrogen) atoms. The van der Waals surface area contributed by atoms with Crippen molar-refractivity contribution in [2.75, 3.05) is 19.8 Å². The van der Waals surface area contributed by atoms with E-state index in [-0.39, 0.29) is 24.6 Å². The highest BCUT2D eigenvalue weighted by molar-refractivity contribution is 5.96. The monoisotopic (exact) mass is 319 g/mol. The van der Waals surface area contributed by atoms with Gasteiger partial charge in [0.1, 0.15) is 18.9 Å². The molecule has 0 bridgehead atoms. The molecule has 0 aromatic heterocycles. The number of hydrogen-bond acceptors (Lipinski definition) is 4. The Kier molecular flexibility index (Phi) is 4.81. The second-order valence-electron chi connectivity index (χ2n) is 6.03. The Morgan fingerprint density at radius 2 is 2.13 bits per heavy atom. The number of amides is 1. The van der Waals surface area contributed by atoms with Crippen LogP contribution in [0, 0.1) is 0 Å². The minimum absolute atomic E-state index is 0.0510. The minimum Gasteiger partial charge on any atom is -0.491 e. The highest BCUT2D eigenvalue weighted by Crippen LogP contribution is 2.28. The summed E-state index contributed by atoms with van der Waals surface area (Å²) in [4.78, 5) is 25.0. The zero-order chi connectivity index (χ0) is 16.2. The molecule has 1 saturated carbocycles. The largest absolute Gasteiger partial charge is 0.491 e. The maximum atomic E-state index is 12.6. The highest BCUT2D eigenvalue weighted by Gasteiger charge is 2.34. The average molecular weight is 319 g/mol. The lowest BCUT2D eigenvalue weighted by atomic mass is 10.2. The molecule has 3 rings (SSSR count). The number of ether oxygens (including phenoxy) is 2. The smallest absolute Gasteiger partial charge is 0.323 e. The molecule has 1 unspecified atom stereocenters. The summed E-state index contributed by atoms with van der Waals surface area (Å²) in [6, 6.07) is 6.97. The van der Waals surface area contributed by atoms with E-state index in [1.807, 2.05) is 0 Å². The van der Waals surface area contributed by atoms with Crippen molar-refractivity contribution in [3.05, 3.63) is 29.8 Å². The van der Waals surface area contributed by atoms with Crippen molar-refractivity contribution in [1.82, 2.24) is 4.90 Å². The summed E-state index contributed by atoms with van der Waals surface area (Å²) in [5.74, 6) is -0.633. The van der Waals surface area contributed by atoms with E-state index in [2.05, 4.69) is 0 Å². The Morgan fingerprint density at radius 3 is 2.78 bits per heavy atom. The predicted octanol–water partition coefficient (Wildman–Crippen LogP) is 1.93. The SMILES string of the molecule is O=C(O)CN(C(=O)c1cccc(OCC2CCCO2)c1)C1CC1. The lowest BCUT2D eigenvalue weighted by Gasteiger charge is -2.20. The van der Waals surface area contributed by atoms with Gasteiger partial charge in [0.15, 0.2) is 0 Å². The van der Waals surface area contributed by atoms with Crippen LogP contribution in [0.25, 0.3) is 0 Å². The second kappa shape index (κ2) is 7.00. The molecule has 6 nitrogen and oxygen atoms in total. The van der Waals surface area contributed by atoms with E-state index < -0.39 is 5.97 Å². The molecule has 124 valence electrons. The zero-order valence-corrected chi connectivity index (χ0v) is 12.9. The molecule has 1 N–H and O–H groups in total. The van der Waals surface area contributed by atoms with Crippen LogP contribution in [0.2, 0.25) is 0 Å². The fourth-order valence-electron chi connectivity index (χ4n) is 2.75. The Balaban J connectivity index is 1.65. The average Bonchev–Trinajstić information content (AvgIpc) is 3.25. The first-order valence-corrected chi connectivity index (χ1v) is 8.00. The summed E-state index contributed by atoms with van der Waals surface area (Å²) in [5, 5.41) is 8.98. The lowest BCUT2D eigenvalue weighted by molar-refractivity contribution is -0.137. The van der Waals surface area contributed by atoms with Crippen LogP contribution in [-0.4, -0.2) is 53.8 Å². The van der Waals surface area contributed by atoms with Crippen LogP contribution < -0.4 is 4.74 Å². The summed E-state index contributed by atoms with van der Waals surface area (Å²) in [7, 11) is 0. The number of rotatable bonds is 7. The summed E-state index contributed by atoms with van der Waals surface area (Å²) >= 11 is 0. The molecular weight excluding hydrogens is 298 g/mol. The molecule has 0 spiro atoms. The summed E-state index contributed by atoms with van der Waals surface area (Å²) in [5.41, 5.74) is 0.461. The molecule has 1 aromatic carbocycles. The number of carbonyl (C=O) groups excluding carboxylic acids is 1. The number of carbonyl (C=O) groups is 2. The molecule has 1 saturated heterocycles. The van der Waals surface area contributed by atoms with Gasteiger partial charge in [-0.2, -0.15) is 0 Å². The third kappa shape index (κ3) is 4.22. The Morgan fingerprint density at radius 1 is 1.30 bits per heavy atom. The van der Waals surface area contributed by atoms with Crippen molar-refractivity contribution >= 4 is 11.9 Å². The van der Waals surface area contributed by atoms with Crippen LogP contribution in [0.15, 0.2) is 24.3 Å². The van der Waals surface area contributed by atoms with E-state index in [1.54, 1.807) is 24.3 Å². The Hall–Kier alpha value is -2.08. The van der Waals surface area contributed by atoms with Crippen molar-refractivity contribution in [3.8, 4) is 5.75 Å². The lowest BCUT2D eigenvalue weighted by Crippen LogP contribution is -2.37. The van der Waals surface area contributed by atoms with E-state index in [4.69, 9.17) is 14.6 Å². The molecule has 2 aliphatic rings. The van der Waals surface area contributed by atoms with Gasteiger partial charge in [-0.05, 0) is 43.9 Å². The number of nitrogens with zero attached hydrogens (tertiary/aromatic N) is 1. The van der Waals surface area contributed by atoms with Crippen LogP contribution in [-0.2, 0) is 9.53 Å². The van der Waals surface area contributed by atoms with Crippen LogP contribution in [0.1, 0.15) is 36.0 Å². The van der Waals surface area contributed by atoms with Crippen molar-refractivity contribution < 1.29 is 24.2 Å². The van der Waals surface area contributed by atoms with E-state index in [1.165, 1.54) is 4.90 Å². The number of benzene rings is 1. The van der Waals surface area contributed by atoms with Crippen LogP contribution in [0.3, 0.4) is 0 Å². The number of carboxylic acids is 1. The Bertz CT molecular complexity index is 578. The molecule has 2 fully saturated rings. The summed E-state index contributed by atoms with van der Waals surface area (Å²) in [6.07, 6.45) is 3.90. The summed E-state index contributed by atoms with van der Waals surface area (Å²) < 4.78 is 11.2. The molecule has 1 heterocycles. The van der Waals surface area contributed by atoms with Gasteiger partial charge in [0.25, 0.3) is 5.91 Å². The predicted molar refractivity (Wildman–Crippen MR) is 82.6 cm³/mol. The van der Waals surface area contributed by atoms with Gasteiger partial charge in [-0.1, -0.05) is 6.07 Å². The standard InChI is InChI=1S/C17H21NO5/c19-16(20)10-18(13-6-7-13)17(21)12-3-1-4-14(9-12)23-11-15-5-2-8-22-15/h1,3-4,9,13,15H,2,5-8,10-11H2,(H,19,20). The van der Waals surface area contributed by atoms with Crippen molar-refractivity contribution in [1.29, 1.82) is 0 Å². The molecular formula is C17H21NO5. The van der Waals surface area contributed by atoms with Gasteiger partial charge in [0, 0.05) is 18.2 Å². The van der Waals surface area contributed by atoms with Gasteiger partial charge in [-0.25, -0.2) is 0 Å². The molecule has 1 atom stereocenters. The third-order valence-electron chi connectivity index (χ3n) is 4.09. The first-order valence-electron chi connectivity index (χ1n) is 8.00. The first kappa shape index (κ1) is 15.8. The van der Waals surface area contributed by atoms with Crippen LogP contribution in [0.5, 0.6) is 5.75 Å². The van der Waals surface area contributed by atoms with Crippen LogP contribution in [0.4, 0.5) is 0 Å². The van der Waals surface area contributed by atoms with Crippen molar-refractivity contribution in [2.45, 2.75) is 37.8 Å². The van der Waals surface area contributed by atoms with E-state index >= 15 is 0 Å².